The normalized spacial score (nSPS) is 12.1. The van der Waals surface area contributed by atoms with Gasteiger partial charge in [0.15, 0.2) is 0 Å². The average molecular weight is 324 g/mol. The number of hydrogen-bond donors (Lipinski definition) is 2. The number of fused-ring (bicyclic) bond motifs is 1. The number of carbonyl (C=O) groups is 1. The number of nitrogens with one attached hydrogen (secondary N) is 2. The molecule has 0 radical (unpaired) electrons. The van der Waals surface area contributed by atoms with Crippen molar-refractivity contribution in [2.24, 2.45) is 0 Å². The van der Waals surface area contributed by atoms with E-state index in [1.165, 1.54) is 0 Å². The maximum Gasteiger partial charge on any atom is 0.319 e. The topological polar surface area (TPSA) is 63.5 Å². The largest absolute Gasteiger partial charge is 0.458 e. The third-order valence-corrected chi connectivity index (χ3v) is 3.89. The lowest BCUT2D eigenvalue weighted by atomic mass is 10.2. The number of amides is 2. The molecule has 0 bridgehead atoms. The molecule has 0 saturated carbocycles. The zero-order valence-electron chi connectivity index (χ0n) is 13.7. The Bertz CT molecular complexity index is 808. The van der Waals surface area contributed by atoms with E-state index >= 15 is 0 Å². The van der Waals surface area contributed by atoms with Crippen molar-refractivity contribution < 1.29 is 13.9 Å². The lowest BCUT2D eigenvalue weighted by molar-refractivity contribution is 0.0870. The Labute approximate surface area is 140 Å². The van der Waals surface area contributed by atoms with Crippen molar-refractivity contribution in [1.82, 2.24) is 5.32 Å². The molecule has 3 aromatic rings. The second-order valence-electron chi connectivity index (χ2n) is 5.56. The molecule has 24 heavy (non-hydrogen) atoms. The summed E-state index contributed by atoms with van der Waals surface area (Å²) in [6, 6.07) is 17.0. The van der Waals surface area contributed by atoms with Crippen LogP contribution in [0, 0.1) is 6.92 Å². The minimum Gasteiger partial charge on any atom is -0.458 e. The lowest BCUT2D eigenvalue weighted by Crippen LogP contribution is -2.33. The second kappa shape index (κ2) is 7.19. The monoisotopic (exact) mass is 324 g/mol. The van der Waals surface area contributed by atoms with Crippen molar-refractivity contribution in [1.29, 1.82) is 0 Å². The molecule has 0 aliphatic heterocycles. The van der Waals surface area contributed by atoms with Crippen molar-refractivity contribution in [3.05, 3.63) is 65.9 Å². The van der Waals surface area contributed by atoms with Crippen LogP contribution in [-0.2, 0) is 4.74 Å². The Balaban J connectivity index is 1.63. The van der Waals surface area contributed by atoms with Gasteiger partial charge in [0, 0.05) is 18.2 Å². The molecule has 1 atom stereocenters. The summed E-state index contributed by atoms with van der Waals surface area (Å²) < 4.78 is 11.2. The van der Waals surface area contributed by atoms with Gasteiger partial charge in [-0.1, -0.05) is 36.4 Å². The fourth-order valence-corrected chi connectivity index (χ4v) is 2.53. The third-order valence-electron chi connectivity index (χ3n) is 3.89. The van der Waals surface area contributed by atoms with Gasteiger partial charge in [-0.15, -0.1) is 0 Å². The minimum atomic E-state index is -0.347. The Morgan fingerprint density at radius 3 is 2.67 bits per heavy atom. The highest BCUT2D eigenvalue weighted by atomic mass is 16.5. The highest BCUT2D eigenvalue weighted by Crippen LogP contribution is 2.25. The first-order chi connectivity index (χ1) is 11.7. The highest BCUT2D eigenvalue weighted by molar-refractivity contribution is 5.90. The van der Waals surface area contributed by atoms with Gasteiger partial charge in [0.05, 0.1) is 6.54 Å². The molecule has 0 saturated heterocycles. The molecule has 5 nitrogen and oxygen atoms in total. The first-order valence-corrected chi connectivity index (χ1v) is 7.79. The summed E-state index contributed by atoms with van der Waals surface area (Å²) in [5.41, 5.74) is 2.60. The van der Waals surface area contributed by atoms with Crippen molar-refractivity contribution >= 4 is 22.7 Å². The Morgan fingerprint density at radius 1 is 1.17 bits per heavy atom. The van der Waals surface area contributed by atoms with Gasteiger partial charge in [0.25, 0.3) is 0 Å². The van der Waals surface area contributed by atoms with Crippen LogP contribution in [0.2, 0.25) is 0 Å². The molecule has 5 heteroatoms. The van der Waals surface area contributed by atoms with Crippen LogP contribution in [0.1, 0.15) is 17.4 Å². The van der Waals surface area contributed by atoms with E-state index in [1.54, 1.807) is 7.11 Å². The molecule has 0 unspecified atom stereocenters. The number of hydrogen-bond acceptors (Lipinski definition) is 3. The number of para-hydroxylation sites is 2. The molecule has 0 aliphatic rings. The standard InChI is InChI=1S/C19H20N2O3/c1-13-7-3-5-9-15(13)21-19(22)20-12-18(23-2)17-11-14-8-4-6-10-16(14)24-17/h3-11,18H,12H2,1-2H3,(H2,20,21,22)/t18-/m0/s1. The van der Waals surface area contributed by atoms with E-state index in [4.69, 9.17) is 9.15 Å². The maximum absolute atomic E-state index is 12.1. The van der Waals surface area contributed by atoms with E-state index in [1.807, 2.05) is 61.5 Å². The van der Waals surface area contributed by atoms with E-state index in [-0.39, 0.29) is 12.1 Å². The quantitative estimate of drug-likeness (QED) is 0.737. The van der Waals surface area contributed by atoms with Crippen LogP contribution in [-0.4, -0.2) is 19.7 Å². The summed E-state index contributed by atoms with van der Waals surface area (Å²) in [5.74, 6) is 0.690. The van der Waals surface area contributed by atoms with E-state index in [2.05, 4.69) is 10.6 Å². The average Bonchev–Trinajstić information content (AvgIpc) is 3.01. The first kappa shape index (κ1) is 16.1. The maximum atomic E-state index is 12.1. The van der Waals surface area contributed by atoms with Gasteiger partial charge in [-0.25, -0.2) is 4.79 Å². The van der Waals surface area contributed by atoms with Gasteiger partial charge in [-0.3, -0.25) is 0 Å². The van der Waals surface area contributed by atoms with Crippen molar-refractivity contribution in [3.8, 4) is 0 Å². The fourth-order valence-electron chi connectivity index (χ4n) is 2.53. The molecule has 2 amide bonds. The number of aryl methyl sites for hydroxylation is 1. The molecular formula is C19H20N2O3. The molecule has 0 spiro atoms. The van der Waals surface area contributed by atoms with Crippen LogP contribution in [0.25, 0.3) is 11.0 Å². The predicted octanol–water partition coefficient (Wildman–Crippen LogP) is 4.25. The molecular weight excluding hydrogens is 304 g/mol. The number of anilines is 1. The molecule has 1 aromatic heterocycles. The minimum absolute atomic E-state index is 0.275. The van der Waals surface area contributed by atoms with Crippen molar-refractivity contribution in [3.63, 3.8) is 0 Å². The summed E-state index contributed by atoms with van der Waals surface area (Å²) in [5, 5.41) is 6.66. The Hall–Kier alpha value is -2.79. The van der Waals surface area contributed by atoms with Crippen molar-refractivity contribution in [2.75, 3.05) is 19.0 Å². The van der Waals surface area contributed by atoms with Gasteiger partial charge in [0.1, 0.15) is 17.4 Å². The van der Waals surface area contributed by atoms with Crippen LogP contribution < -0.4 is 10.6 Å². The molecule has 0 fully saturated rings. The fraction of sp³-hybridized carbons (Fsp3) is 0.211. The number of rotatable bonds is 5. The van der Waals surface area contributed by atoms with Crippen LogP contribution in [0.15, 0.2) is 59.0 Å². The van der Waals surface area contributed by atoms with E-state index in [9.17, 15) is 4.79 Å². The number of methoxy groups -OCH3 is 1. The van der Waals surface area contributed by atoms with Gasteiger partial charge >= 0.3 is 6.03 Å². The zero-order valence-corrected chi connectivity index (χ0v) is 13.7. The number of benzene rings is 2. The van der Waals surface area contributed by atoms with Crippen LogP contribution in [0.3, 0.4) is 0 Å². The van der Waals surface area contributed by atoms with Crippen LogP contribution in [0.4, 0.5) is 10.5 Å². The molecule has 2 aromatic carbocycles. The smallest absolute Gasteiger partial charge is 0.319 e. The summed E-state index contributed by atoms with van der Waals surface area (Å²) >= 11 is 0. The lowest BCUT2D eigenvalue weighted by Gasteiger charge is -2.15. The summed E-state index contributed by atoms with van der Waals surface area (Å²) in [4.78, 5) is 12.1. The van der Waals surface area contributed by atoms with Gasteiger partial charge < -0.3 is 19.8 Å². The van der Waals surface area contributed by atoms with Crippen LogP contribution in [0.5, 0.6) is 0 Å². The number of ether oxygens (including phenoxy) is 1. The third kappa shape index (κ3) is 3.58. The van der Waals surface area contributed by atoms with E-state index in [0.29, 0.717) is 12.3 Å². The van der Waals surface area contributed by atoms with Gasteiger partial charge in [-0.05, 0) is 30.7 Å². The predicted molar refractivity (Wildman–Crippen MR) is 94.2 cm³/mol. The molecule has 3 rings (SSSR count). The van der Waals surface area contributed by atoms with Gasteiger partial charge in [-0.2, -0.15) is 0 Å². The molecule has 124 valence electrons. The second-order valence-corrected chi connectivity index (χ2v) is 5.56. The van der Waals surface area contributed by atoms with E-state index < -0.39 is 0 Å². The number of carbonyl (C=O) groups excluding carboxylic acids is 1. The van der Waals surface area contributed by atoms with Crippen LogP contribution >= 0.6 is 0 Å². The SMILES string of the molecule is CO[C@@H](CNC(=O)Nc1ccccc1C)c1cc2ccccc2o1. The molecule has 0 aliphatic carbocycles. The number of furan rings is 1. The highest BCUT2D eigenvalue weighted by Gasteiger charge is 2.17. The molecule has 1 heterocycles. The number of urea groups is 1. The van der Waals surface area contributed by atoms with Crippen molar-refractivity contribution in [2.45, 2.75) is 13.0 Å². The summed E-state index contributed by atoms with van der Waals surface area (Å²) in [6.07, 6.45) is -0.347. The Kier molecular flexibility index (Phi) is 4.82. The molecule has 2 N–H and O–H groups in total. The zero-order chi connectivity index (χ0) is 16.9. The first-order valence-electron chi connectivity index (χ1n) is 7.79. The summed E-state index contributed by atoms with van der Waals surface area (Å²) in [7, 11) is 1.60. The summed E-state index contributed by atoms with van der Waals surface area (Å²) in [6.45, 7) is 2.26. The van der Waals surface area contributed by atoms with E-state index in [0.717, 1.165) is 22.2 Å². The van der Waals surface area contributed by atoms with Gasteiger partial charge in [0.2, 0.25) is 0 Å². The Morgan fingerprint density at radius 2 is 1.92 bits per heavy atom.